The molecule has 2 unspecified atom stereocenters. The number of carbonyl (C=O) groups is 1. The summed E-state index contributed by atoms with van der Waals surface area (Å²) in [7, 11) is 0. The van der Waals surface area contributed by atoms with Crippen LogP contribution in [0.25, 0.3) is 4.85 Å². The van der Waals surface area contributed by atoms with Crippen LogP contribution in [-0.4, -0.2) is 30.3 Å². The van der Waals surface area contributed by atoms with Crippen LogP contribution in [0.3, 0.4) is 0 Å². The highest BCUT2D eigenvalue weighted by Crippen LogP contribution is 2.31. The van der Waals surface area contributed by atoms with E-state index in [1.54, 1.807) is 6.92 Å². The van der Waals surface area contributed by atoms with Crippen LogP contribution in [0.2, 0.25) is 0 Å². The Morgan fingerprint density at radius 3 is 2.76 bits per heavy atom. The standard InChI is InChI=1S/C15H16N2O4/c1-3-20-15(19)12(16-2)14-17-11(9-18)13(21-14)10-7-5-4-6-8-10/h4-8,11,13,17-18H,3,9H2,1H3/b14-12-. The van der Waals surface area contributed by atoms with E-state index in [0.29, 0.717) is 0 Å². The topological polar surface area (TPSA) is 72.2 Å². The van der Waals surface area contributed by atoms with Gasteiger partial charge in [0.15, 0.2) is 5.88 Å². The molecular weight excluding hydrogens is 272 g/mol. The monoisotopic (exact) mass is 288 g/mol. The van der Waals surface area contributed by atoms with Gasteiger partial charge in [0.2, 0.25) is 0 Å². The van der Waals surface area contributed by atoms with Crippen molar-refractivity contribution in [3.05, 3.63) is 58.9 Å². The zero-order valence-corrected chi connectivity index (χ0v) is 11.6. The predicted molar refractivity (Wildman–Crippen MR) is 74.5 cm³/mol. The number of carbonyl (C=O) groups excluding carboxylic acids is 1. The lowest BCUT2D eigenvalue weighted by Gasteiger charge is -2.15. The lowest BCUT2D eigenvalue weighted by molar-refractivity contribution is -0.138. The molecule has 2 N–H and O–H groups in total. The van der Waals surface area contributed by atoms with Gasteiger partial charge >= 0.3 is 11.7 Å². The Bertz CT molecular complexity index is 577. The van der Waals surface area contributed by atoms with Crippen LogP contribution in [0, 0.1) is 6.57 Å². The van der Waals surface area contributed by atoms with E-state index >= 15 is 0 Å². The number of aliphatic hydroxyl groups is 1. The Labute approximate surface area is 122 Å². The first-order chi connectivity index (χ1) is 10.2. The number of hydrogen-bond acceptors (Lipinski definition) is 5. The quantitative estimate of drug-likeness (QED) is 0.497. The molecule has 1 heterocycles. The minimum absolute atomic E-state index is 0.0522. The van der Waals surface area contributed by atoms with Crippen molar-refractivity contribution in [1.29, 1.82) is 0 Å². The molecule has 0 aliphatic carbocycles. The van der Waals surface area contributed by atoms with Gasteiger partial charge in [-0.05, 0) is 12.5 Å². The molecule has 1 aromatic carbocycles. The van der Waals surface area contributed by atoms with Gasteiger partial charge in [0.25, 0.3) is 0 Å². The average Bonchev–Trinajstić information content (AvgIpc) is 2.93. The number of benzene rings is 1. The van der Waals surface area contributed by atoms with E-state index in [1.165, 1.54) is 0 Å². The summed E-state index contributed by atoms with van der Waals surface area (Å²) in [5, 5.41) is 12.3. The Morgan fingerprint density at radius 2 is 2.19 bits per heavy atom. The Kier molecular flexibility index (Phi) is 4.80. The third-order valence-corrected chi connectivity index (χ3v) is 3.05. The largest absolute Gasteiger partial charge is 0.477 e. The van der Waals surface area contributed by atoms with Crippen LogP contribution in [0.5, 0.6) is 0 Å². The molecule has 1 aliphatic rings. The lowest BCUT2D eigenvalue weighted by Crippen LogP contribution is -2.29. The number of rotatable bonds is 4. The van der Waals surface area contributed by atoms with Crippen molar-refractivity contribution < 1.29 is 19.4 Å². The van der Waals surface area contributed by atoms with Gasteiger partial charge in [-0.1, -0.05) is 30.3 Å². The Balaban J connectivity index is 2.29. The number of nitrogens with one attached hydrogen (secondary N) is 1. The lowest BCUT2D eigenvalue weighted by atomic mass is 10.0. The molecule has 6 nitrogen and oxygen atoms in total. The van der Waals surface area contributed by atoms with E-state index in [9.17, 15) is 9.90 Å². The van der Waals surface area contributed by atoms with Gasteiger partial charge in [-0.3, -0.25) is 4.79 Å². The molecule has 2 rings (SSSR count). The van der Waals surface area contributed by atoms with Crippen molar-refractivity contribution >= 4 is 5.97 Å². The minimum Gasteiger partial charge on any atom is -0.477 e. The second kappa shape index (κ2) is 6.77. The van der Waals surface area contributed by atoms with Gasteiger partial charge in [0.05, 0.1) is 25.8 Å². The van der Waals surface area contributed by atoms with Crippen LogP contribution in [-0.2, 0) is 14.3 Å². The molecule has 0 radical (unpaired) electrons. The zero-order chi connectivity index (χ0) is 15.2. The molecule has 0 saturated carbocycles. The SMILES string of the molecule is [C-]#[N+]/C(C(=O)OCC)=C1/NC(CO)C(c2ccccc2)O1. The molecule has 110 valence electrons. The van der Waals surface area contributed by atoms with Gasteiger partial charge in [-0.2, -0.15) is 0 Å². The molecule has 1 aliphatic heterocycles. The number of hydrogen-bond donors (Lipinski definition) is 2. The summed E-state index contributed by atoms with van der Waals surface area (Å²) in [6.45, 7) is 8.77. The molecule has 0 amide bonds. The first kappa shape index (κ1) is 14.9. The van der Waals surface area contributed by atoms with Crippen molar-refractivity contribution in [1.82, 2.24) is 5.32 Å². The van der Waals surface area contributed by atoms with Crippen molar-refractivity contribution in [2.75, 3.05) is 13.2 Å². The fourth-order valence-electron chi connectivity index (χ4n) is 2.08. The summed E-state index contributed by atoms with van der Waals surface area (Å²) in [6, 6.07) is 8.89. The van der Waals surface area contributed by atoms with Crippen LogP contribution in [0.15, 0.2) is 41.9 Å². The molecule has 0 aromatic heterocycles. The van der Waals surface area contributed by atoms with Crippen molar-refractivity contribution in [3.8, 4) is 0 Å². The van der Waals surface area contributed by atoms with Crippen molar-refractivity contribution in [2.24, 2.45) is 0 Å². The number of aliphatic hydroxyl groups excluding tert-OH is 1. The van der Waals surface area contributed by atoms with Gasteiger partial charge < -0.3 is 19.9 Å². The summed E-state index contributed by atoms with van der Waals surface area (Å²) in [5.74, 6) is -0.684. The zero-order valence-electron chi connectivity index (χ0n) is 11.6. The van der Waals surface area contributed by atoms with E-state index in [1.807, 2.05) is 30.3 Å². The second-order valence-electron chi connectivity index (χ2n) is 4.39. The maximum Gasteiger partial charge on any atom is 0.341 e. The molecule has 6 heteroatoms. The summed E-state index contributed by atoms with van der Waals surface area (Å²) >= 11 is 0. The third kappa shape index (κ3) is 3.15. The van der Waals surface area contributed by atoms with E-state index in [2.05, 4.69) is 10.2 Å². The van der Waals surface area contributed by atoms with Gasteiger partial charge in [-0.25, -0.2) is 4.85 Å². The van der Waals surface area contributed by atoms with Gasteiger partial charge in [0.1, 0.15) is 6.10 Å². The summed E-state index contributed by atoms with van der Waals surface area (Å²) in [4.78, 5) is 14.9. The van der Waals surface area contributed by atoms with Crippen molar-refractivity contribution in [2.45, 2.75) is 19.1 Å². The van der Waals surface area contributed by atoms with Gasteiger partial charge in [-0.15, -0.1) is 0 Å². The Morgan fingerprint density at radius 1 is 1.48 bits per heavy atom. The first-order valence-electron chi connectivity index (χ1n) is 6.59. The van der Waals surface area contributed by atoms with Crippen LogP contribution >= 0.6 is 0 Å². The highest BCUT2D eigenvalue weighted by atomic mass is 16.5. The van der Waals surface area contributed by atoms with Crippen LogP contribution in [0.1, 0.15) is 18.6 Å². The molecular formula is C15H16N2O4. The summed E-state index contributed by atoms with van der Waals surface area (Å²) in [5.41, 5.74) is 0.612. The molecule has 1 fully saturated rings. The van der Waals surface area contributed by atoms with E-state index in [0.717, 1.165) is 5.56 Å². The highest BCUT2D eigenvalue weighted by molar-refractivity contribution is 5.90. The normalized spacial score (nSPS) is 22.7. The molecule has 21 heavy (non-hydrogen) atoms. The smallest absolute Gasteiger partial charge is 0.341 e. The van der Waals surface area contributed by atoms with E-state index in [4.69, 9.17) is 16.0 Å². The fourth-order valence-corrected chi connectivity index (χ4v) is 2.08. The molecule has 1 aromatic rings. The third-order valence-electron chi connectivity index (χ3n) is 3.05. The van der Waals surface area contributed by atoms with Crippen molar-refractivity contribution in [3.63, 3.8) is 0 Å². The number of ether oxygens (including phenoxy) is 2. The van der Waals surface area contributed by atoms with Crippen LogP contribution < -0.4 is 5.32 Å². The minimum atomic E-state index is -0.736. The maximum atomic E-state index is 11.7. The summed E-state index contributed by atoms with van der Waals surface area (Å²) < 4.78 is 10.5. The second-order valence-corrected chi connectivity index (χ2v) is 4.39. The molecule has 0 bridgehead atoms. The predicted octanol–water partition coefficient (Wildman–Crippen LogP) is 1.36. The fraction of sp³-hybridized carbons (Fsp3) is 0.333. The Hall–Kier alpha value is -2.52. The summed E-state index contributed by atoms with van der Waals surface area (Å²) in [6.07, 6.45) is -0.461. The number of nitrogens with zero attached hydrogens (tertiary/aromatic N) is 1. The van der Waals surface area contributed by atoms with Crippen LogP contribution in [0.4, 0.5) is 0 Å². The highest BCUT2D eigenvalue weighted by Gasteiger charge is 2.36. The van der Waals surface area contributed by atoms with Gasteiger partial charge in [0, 0.05) is 0 Å². The molecule has 2 atom stereocenters. The van der Waals surface area contributed by atoms with E-state index in [-0.39, 0.29) is 24.8 Å². The van der Waals surface area contributed by atoms with E-state index < -0.39 is 18.1 Å². The number of esters is 1. The average molecular weight is 288 g/mol. The molecule has 1 saturated heterocycles. The first-order valence-corrected chi connectivity index (χ1v) is 6.59. The maximum absolute atomic E-state index is 11.7. The molecule has 0 spiro atoms.